The molecule has 0 aromatic heterocycles. The number of carboxylic acid groups (broad SMARTS) is 1. The maximum absolute atomic E-state index is 12.2. The molecule has 5 nitrogen and oxygen atoms in total. The monoisotopic (exact) mass is 320 g/mol. The van der Waals surface area contributed by atoms with Crippen LogP contribution in [0.5, 0.6) is 0 Å². The molecule has 1 amide bonds. The molecule has 0 fully saturated rings. The average molecular weight is 320 g/mol. The van der Waals surface area contributed by atoms with Crippen LogP contribution in [0.4, 0.5) is 5.69 Å². The molecular weight excluding hydrogens is 304 g/mol. The quantitative estimate of drug-likeness (QED) is 0.666. The van der Waals surface area contributed by atoms with Gasteiger partial charge >= 0.3 is 5.97 Å². The van der Waals surface area contributed by atoms with Crippen LogP contribution in [0.1, 0.15) is 27.0 Å². The fourth-order valence-corrected chi connectivity index (χ4v) is 2.06. The van der Waals surface area contributed by atoms with Crippen LogP contribution in [-0.2, 0) is 4.79 Å². The maximum Gasteiger partial charge on any atom is 0.335 e. The Morgan fingerprint density at radius 2 is 1.75 bits per heavy atom. The Morgan fingerprint density at radius 1 is 1.08 bits per heavy atom. The summed E-state index contributed by atoms with van der Waals surface area (Å²) in [6, 6.07) is 13.3. The summed E-state index contributed by atoms with van der Waals surface area (Å²) in [5.74, 6) is -1.58. The van der Waals surface area contributed by atoms with E-state index in [-0.39, 0.29) is 11.1 Å². The fraction of sp³-hybridized carbons (Fsp3) is 0.105. The normalized spacial score (nSPS) is 10.8. The highest BCUT2D eigenvalue weighted by molar-refractivity contribution is 6.09. The molecule has 0 atom stereocenters. The molecule has 2 rings (SSSR count). The number of anilines is 1. The van der Waals surface area contributed by atoms with Crippen molar-refractivity contribution in [1.82, 2.24) is 0 Å². The summed E-state index contributed by atoms with van der Waals surface area (Å²) >= 11 is 0. The second-order valence-electron chi connectivity index (χ2n) is 5.35. The number of nitriles is 1. The molecular formula is C19H16N2O3. The van der Waals surface area contributed by atoms with E-state index in [9.17, 15) is 14.9 Å². The lowest BCUT2D eigenvalue weighted by Gasteiger charge is -2.05. The van der Waals surface area contributed by atoms with E-state index in [4.69, 9.17) is 5.11 Å². The molecule has 0 spiro atoms. The Hall–Kier alpha value is -3.39. The molecule has 0 unspecified atom stereocenters. The molecule has 120 valence electrons. The minimum absolute atomic E-state index is 0.0273. The van der Waals surface area contributed by atoms with Crippen molar-refractivity contribution in [3.05, 3.63) is 70.3 Å². The highest BCUT2D eigenvalue weighted by atomic mass is 16.4. The number of aryl methyl sites for hydroxylation is 2. The number of amides is 1. The summed E-state index contributed by atoms with van der Waals surface area (Å²) in [7, 11) is 0. The van der Waals surface area contributed by atoms with Gasteiger partial charge in [-0.1, -0.05) is 18.2 Å². The molecule has 0 aliphatic heterocycles. The summed E-state index contributed by atoms with van der Waals surface area (Å²) in [6.07, 6.45) is 1.52. The number of aromatic carboxylic acids is 1. The minimum Gasteiger partial charge on any atom is -0.478 e. The molecule has 24 heavy (non-hydrogen) atoms. The van der Waals surface area contributed by atoms with Gasteiger partial charge in [-0.05, 0) is 60.9 Å². The van der Waals surface area contributed by atoms with Gasteiger partial charge in [-0.2, -0.15) is 5.26 Å². The lowest BCUT2D eigenvalue weighted by atomic mass is 10.0. The van der Waals surface area contributed by atoms with E-state index < -0.39 is 11.9 Å². The second kappa shape index (κ2) is 7.25. The molecule has 0 radical (unpaired) electrons. The number of carbonyl (C=O) groups is 2. The Labute approximate surface area is 139 Å². The van der Waals surface area contributed by atoms with Crippen molar-refractivity contribution in [2.24, 2.45) is 0 Å². The first-order chi connectivity index (χ1) is 11.4. The number of carbonyl (C=O) groups excluding carboxylic acids is 1. The van der Waals surface area contributed by atoms with E-state index in [0.29, 0.717) is 5.69 Å². The van der Waals surface area contributed by atoms with E-state index in [2.05, 4.69) is 5.32 Å². The predicted molar refractivity (Wildman–Crippen MR) is 91.5 cm³/mol. The maximum atomic E-state index is 12.2. The van der Waals surface area contributed by atoms with Gasteiger partial charge in [0.2, 0.25) is 0 Å². The van der Waals surface area contributed by atoms with Crippen molar-refractivity contribution in [3.63, 3.8) is 0 Å². The van der Waals surface area contributed by atoms with Crippen LogP contribution in [-0.4, -0.2) is 17.0 Å². The summed E-state index contributed by atoms with van der Waals surface area (Å²) in [5, 5.41) is 20.7. The molecule has 0 bridgehead atoms. The summed E-state index contributed by atoms with van der Waals surface area (Å²) in [5.41, 5.74) is 3.50. The van der Waals surface area contributed by atoms with Gasteiger partial charge in [-0.3, -0.25) is 4.79 Å². The Kier molecular flexibility index (Phi) is 5.13. The number of nitrogens with zero attached hydrogens (tertiary/aromatic N) is 1. The fourth-order valence-electron chi connectivity index (χ4n) is 2.06. The molecule has 2 N–H and O–H groups in total. The van der Waals surface area contributed by atoms with Crippen LogP contribution >= 0.6 is 0 Å². The van der Waals surface area contributed by atoms with Crippen molar-refractivity contribution < 1.29 is 14.7 Å². The van der Waals surface area contributed by atoms with Crippen LogP contribution in [0.25, 0.3) is 6.08 Å². The number of carboxylic acids is 1. The lowest BCUT2D eigenvalue weighted by Crippen LogP contribution is -2.13. The van der Waals surface area contributed by atoms with Gasteiger partial charge in [-0.15, -0.1) is 0 Å². The Balaban J connectivity index is 2.19. The lowest BCUT2D eigenvalue weighted by molar-refractivity contribution is -0.112. The number of benzene rings is 2. The van der Waals surface area contributed by atoms with E-state index in [1.807, 2.05) is 38.1 Å². The average Bonchev–Trinajstić information content (AvgIpc) is 2.56. The molecule has 0 saturated carbocycles. The largest absolute Gasteiger partial charge is 0.478 e. The van der Waals surface area contributed by atoms with Gasteiger partial charge in [0.1, 0.15) is 11.6 Å². The van der Waals surface area contributed by atoms with E-state index in [0.717, 1.165) is 16.7 Å². The zero-order valence-corrected chi connectivity index (χ0v) is 13.3. The summed E-state index contributed by atoms with van der Waals surface area (Å²) in [6.45, 7) is 3.95. The third-order valence-corrected chi connectivity index (χ3v) is 3.60. The summed E-state index contributed by atoms with van der Waals surface area (Å²) < 4.78 is 0. The van der Waals surface area contributed by atoms with Gasteiger partial charge in [0.25, 0.3) is 5.91 Å². The van der Waals surface area contributed by atoms with Crippen molar-refractivity contribution in [2.45, 2.75) is 13.8 Å². The standard InChI is InChI=1S/C19H16N2O3/c1-12-3-4-14(9-13(12)2)10-16(11-20)18(22)21-17-7-5-15(6-8-17)19(23)24/h3-10H,1-2H3,(H,21,22)(H,23,24)/b16-10+. The van der Waals surface area contributed by atoms with Crippen LogP contribution < -0.4 is 5.32 Å². The Bertz CT molecular complexity index is 859. The van der Waals surface area contributed by atoms with E-state index >= 15 is 0 Å². The van der Waals surface area contributed by atoms with Crippen molar-refractivity contribution >= 4 is 23.6 Å². The molecule has 0 heterocycles. The first-order valence-corrected chi connectivity index (χ1v) is 7.24. The third kappa shape index (κ3) is 4.08. The predicted octanol–water partition coefficient (Wildman–Crippen LogP) is 3.55. The molecule has 2 aromatic carbocycles. The Morgan fingerprint density at radius 3 is 2.29 bits per heavy atom. The van der Waals surface area contributed by atoms with Gasteiger partial charge < -0.3 is 10.4 Å². The number of rotatable bonds is 4. The molecule has 5 heteroatoms. The van der Waals surface area contributed by atoms with Crippen LogP contribution in [0.2, 0.25) is 0 Å². The molecule has 0 aliphatic rings. The van der Waals surface area contributed by atoms with Crippen LogP contribution in [0.15, 0.2) is 48.0 Å². The molecule has 0 saturated heterocycles. The minimum atomic E-state index is -1.04. The van der Waals surface area contributed by atoms with E-state index in [1.54, 1.807) is 0 Å². The number of hydrogen-bond acceptors (Lipinski definition) is 3. The van der Waals surface area contributed by atoms with Crippen LogP contribution in [0.3, 0.4) is 0 Å². The van der Waals surface area contributed by atoms with E-state index in [1.165, 1.54) is 30.3 Å². The zero-order valence-electron chi connectivity index (χ0n) is 13.3. The molecule has 2 aromatic rings. The first kappa shape index (κ1) is 17.0. The van der Waals surface area contributed by atoms with Crippen LogP contribution in [0, 0.1) is 25.2 Å². The smallest absolute Gasteiger partial charge is 0.335 e. The highest BCUT2D eigenvalue weighted by Gasteiger charge is 2.10. The van der Waals surface area contributed by atoms with Gasteiger partial charge in [0, 0.05) is 5.69 Å². The third-order valence-electron chi connectivity index (χ3n) is 3.60. The number of hydrogen-bond donors (Lipinski definition) is 2. The summed E-state index contributed by atoms with van der Waals surface area (Å²) in [4.78, 5) is 23.0. The molecule has 0 aliphatic carbocycles. The van der Waals surface area contributed by atoms with Crippen molar-refractivity contribution in [1.29, 1.82) is 5.26 Å². The topological polar surface area (TPSA) is 90.2 Å². The zero-order chi connectivity index (χ0) is 17.7. The van der Waals surface area contributed by atoms with Gasteiger partial charge in [0.05, 0.1) is 5.56 Å². The van der Waals surface area contributed by atoms with Gasteiger partial charge in [0.15, 0.2) is 0 Å². The SMILES string of the molecule is Cc1ccc(/C=C(\C#N)C(=O)Nc2ccc(C(=O)O)cc2)cc1C. The second-order valence-corrected chi connectivity index (χ2v) is 5.35. The van der Waals surface area contributed by atoms with Crippen molar-refractivity contribution in [3.8, 4) is 6.07 Å². The van der Waals surface area contributed by atoms with Gasteiger partial charge in [-0.25, -0.2) is 4.79 Å². The first-order valence-electron chi connectivity index (χ1n) is 7.24. The van der Waals surface area contributed by atoms with Crippen molar-refractivity contribution in [2.75, 3.05) is 5.32 Å². The highest BCUT2D eigenvalue weighted by Crippen LogP contribution is 2.15. The number of nitrogens with one attached hydrogen (secondary N) is 1.